The zero-order valence-electron chi connectivity index (χ0n) is 13.7. The van der Waals surface area contributed by atoms with Gasteiger partial charge in [-0.1, -0.05) is 32.9 Å². The molecule has 0 unspecified atom stereocenters. The molecule has 0 bridgehead atoms. The summed E-state index contributed by atoms with van der Waals surface area (Å²) in [5.74, 6) is 0.958. The van der Waals surface area contributed by atoms with E-state index in [2.05, 4.69) is 58.1 Å². The zero-order chi connectivity index (χ0) is 15.4. The van der Waals surface area contributed by atoms with Crippen molar-refractivity contribution in [2.75, 3.05) is 14.2 Å². The third-order valence-electron chi connectivity index (χ3n) is 3.82. The fourth-order valence-electron chi connectivity index (χ4n) is 1.46. The smallest absolute Gasteiger partial charge is 0.250 e. The average molecular weight is 314 g/mol. The maximum absolute atomic E-state index is 6.26. The molecule has 3 nitrogen and oxygen atoms in total. The summed E-state index contributed by atoms with van der Waals surface area (Å²) in [5.41, 5.74) is 1.21. The molecule has 0 saturated carbocycles. The zero-order valence-corrected chi connectivity index (χ0v) is 15.6. The maximum Gasteiger partial charge on any atom is 0.250 e. The average Bonchev–Trinajstić information content (AvgIpc) is 2.36. The monoisotopic (exact) mass is 314 g/mol. The summed E-state index contributed by atoms with van der Waals surface area (Å²) in [6, 6.07) is 8.29. The highest BCUT2D eigenvalue weighted by Crippen LogP contribution is 2.41. The molecule has 0 radical (unpaired) electrons. The SMILES string of the molecule is COP(Cc1ccc(O[Si](C)(C)C(C)(C)C)cc1)OC. The Bertz CT molecular complexity index is 408. The topological polar surface area (TPSA) is 27.7 Å². The molecule has 5 heteroatoms. The van der Waals surface area contributed by atoms with Gasteiger partial charge in [-0.15, -0.1) is 0 Å². The summed E-state index contributed by atoms with van der Waals surface area (Å²) in [6.45, 7) is 11.3. The number of benzene rings is 1. The van der Waals surface area contributed by atoms with E-state index in [9.17, 15) is 0 Å². The van der Waals surface area contributed by atoms with E-state index in [0.717, 1.165) is 11.9 Å². The van der Waals surface area contributed by atoms with Crippen LogP contribution in [0, 0.1) is 0 Å². The highest BCUT2D eigenvalue weighted by molar-refractivity contribution is 7.46. The van der Waals surface area contributed by atoms with Gasteiger partial charge in [0.1, 0.15) is 5.75 Å². The quantitative estimate of drug-likeness (QED) is 0.535. The van der Waals surface area contributed by atoms with Gasteiger partial charge in [-0.3, -0.25) is 0 Å². The lowest BCUT2D eigenvalue weighted by atomic mass is 10.2. The van der Waals surface area contributed by atoms with Crippen molar-refractivity contribution >= 4 is 16.7 Å². The van der Waals surface area contributed by atoms with E-state index < -0.39 is 16.7 Å². The van der Waals surface area contributed by atoms with E-state index in [1.54, 1.807) is 14.2 Å². The van der Waals surface area contributed by atoms with E-state index in [4.69, 9.17) is 13.5 Å². The van der Waals surface area contributed by atoms with Crippen molar-refractivity contribution < 1.29 is 13.5 Å². The summed E-state index contributed by atoms with van der Waals surface area (Å²) in [4.78, 5) is 0. The predicted molar refractivity (Wildman–Crippen MR) is 88.9 cm³/mol. The van der Waals surface area contributed by atoms with Gasteiger partial charge < -0.3 is 13.5 Å². The van der Waals surface area contributed by atoms with Crippen LogP contribution in [-0.4, -0.2) is 22.5 Å². The Morgan fingerprint density at radius 1 is 1.00 bits per heavy atom. The maximum atomic E-state index is 6.26. The first-order chi connectivity index (χ1) is 9.19. The molecule has 1 rings (SSSR count). The molecular formula is C15H27O3PSi. The lowest BCUT2D eigenvalue weighted by Gasteiger charge is -2.36. The van der Waals surface area contributed by atoms with Crippen molar-refractivity contribution in [2.45, 2.75) is 45.1 Å². The van der Waals surface area contributed by atoms with Gasteiger partial charge >= 0.3 is 0 Å². The second-order valence-corrected chi connectivity index (χ2v) is 12.8. The van der Waals surface area contributed by atoms with Crippen molar-refractivity contribution in [3.8, 4) is 5.75 Å². The highest BCUT2D eigenvalue weighted by atomic mass is 31.2. The van der Waals surface area contributed by atoms with Crippen LogP contribution in [0.1, 0.15) is 26.3 Å². The van der Waals surface area contributed by atoms with Crippen LogP contribution in [0.15, 0.2) is 24.3 Å². The van der Waals surface area contributed by atoms with Crippen LogP contribution in [0.25, 0.3) is 0 Å². The Morgan fingerprint density at radius 2 is 1.50 bits per heavy atom. The van der Waals surface area contributed by atoms with E-state index >= 15 is 0 Å². The largest absolute Gasteiger partial charge is 0.544 e. The molecule has 0 amide bonds. The minimum absolute atomic E-state index is 0.214. The first kappa shape index (κ1) is 17.6. The van der Waals surface area contributed by atoms with E-state index in [0.29, 0.717) is 0 Å². The van der Waals surface area contributed by atoms with Crippen LogP contribution in [0.4, 0.5) is 0 Å². The molecule has 114 valence electrons. The van der Waals surface area contributed by atoms with E-state index in [1.165, 1.54) is 5.56 Å². The van der Waals surface area contributed by atoms with Crippen LogP contribution in [0.2, 0.25) is 18.1 Å². The summed E-state index contributed by atoms with van der Waals surface area (Å²) < 4.78 is 16.8. The van der Waals surface area contributed by atoms with Gasteiger partial charge in [-0.2, -0.15) is 0 Å². The normalized spacial score (nSPS) is 12.8. The fraction of sp³-hybridized carbons (Fsp3) is 0.600. The van der Waals surface area contributed by atoms with Crippen LogP contribution in [-0.2, 0) is 15.2 Å². The minimum atomic E-state index is -1.75. The first-order valence-corrected chi connectivity index (χ1v) is 11.1. The molecule has 20 heavy (non-hydrogen) atoms. The molecule has 0 aliphatic heterocycles. The van der Waals surface area contributed by atoms with Gasteiger partial charge in [0.2, 0.25) is 8.32 Å². The Hall–Kier alpha value is -0.413. The van der Waals surface area contributed by atoms with Crippen LogP contribution >= 0.6 is 8.38 Å². The molecule has 0 aromatic heterocycles. The van der Waals surface area contributed by atoms with Crippen LogP contribution < -0.4 is 4.43 Å². The highest BCUT2D eigenvalue weighted by Gasteiger charge is 2.38. The number of hydrogen-bond donors (Lipinski definition) is 0. The van der Waals surface area contributed by atoms with Crippen LogP contribution in [0.5, 0.6) is 5.75 Å². The molecule has 1 aromatic carbocycles. The fourth-order valence-corrected chi connectivity index (χ4v) is 3.41. The molecule has 0 N–H and O–H groups in total. The van der Waals surface area contributed by atoms with Gasteiger partial charge in [-0.25, -0.2) is 0 Å². The molecule has 0 aliphatic carbocycles. The van der Waals surface area contributed by atoms with Crippen molar-refractivity contribution in [2.24, 2.45) is 0 Å². The molecule has 0 spiro atoms. The molecular weight excluding hydrogens is 287 g/mol. The Kier molecular flexibility index (Phi) is 6.20. The van der Waals surface area contributed by atoms with Crippen molar-refractivity contribution in [3.05, 3.63) is 29.8 Å². The van der Waals surface area contributed by atoms with Gasteiger partial charge in [0.05, 0.1) is 0 Å². The lowest BCUT2D eigenvalue weighted by molar-refractivity contribution is 0.339. The Morgan fingerprint density at radius 3 is 1.90 bits per heavy atom. The molecule has 0 fully saturated rings. The summed E-state index contributed by atoms with van der Waals surface area (Å²) in [5, 5.41) is 0.214. The molecule has 1 aromatic rings. The molecule has 0 aliphatic rings. The lowest BCUT2D eigenvalue weighted by Crippen LogP contribution is -2.43. The molecule has 0 atom stereocenters. The van der Waals surface area contributed by atoms with Crippen molar-refractivity contribution in [1.29, 1.82) is 0 Å². The summed E-state index contributed by atoms with van der Waals surface area (Å²) >= 11 is 0. The van der Waals surface area contributed by atoms with E-state index in [-0.39, 0.29) is 5.04 Å². The van der Waals surface area contributed by atoms with Crippen LogP contribution in [0.3, 0.4) is 0 Å². The third kappa shape index (κ3) is 4.85. The summed E-state index contributed by atoms with van der Waals surface area (Å²) in [6.07, 6.45) is 0.808. The second-order valence-electron chi connectivity index (χ2n) is 6.36. The Balaban J connectivity index is 2.72. The Labute approximate surface area is 125 Å². The molecule has 0 heterocycles. The van der Waals surface area contributed by atoms with Gasteiger partial charge in [-0.05, 0) is 35.8 Å². The van der Waals surface area contributed by atoms with Gasteiger partial charge in [0.15, 0.2) is 8.38 Å². The van der Waals surface area contributed by atoms with Crippen molar-refractivity contribution in [1.82, 2.24) is 0 Å². The first-order valence-electron chi connectivity index (χ1n) is 6.83. The molecule has 0 saturated heterocycles. The number of rotatable bonds is 6. The van der Waals surface area contributed by atoms with Gasteiger partial charge in [0.25, 0.3) is 0 Å². The van der Waals surface area contributed by atoms with Crippen molar-refractivity contribution in [3.63, 3.8) is 0 Å². The second kappa shape index (κ2) is 7.03. The third-order valence-corrected chi connectivity index (χ3v) is 9.62. The predicted octanol–water partition coefficient (Wildman–Crippen LogP) is 5.18. The summed E-state index contributed by atoms with van der Waals surface area (Å²) in [7, 11) is 0.795. The number of hydrogen-bond acceptors (Lipinski definition) is 3. The standard InChI is InChI=1S/C15H27O3PSi/c1-15(2,3)20(6,7)18-14-10-8-13(9-11-14)12-19(16-4)17-5/h8-11H,12H2,1-7H3. The van der Waals surface area contributed by atoms with E-state index in [1.807, 2.05) is 0 Å². The minimum Gasteiger partial charge on any atom is -0.544 e. The van der Waals surface area contributed by atoms with Gasteiger partial charge in [0, 0.05) is 20.4 Å².